The van der Waals surface area contributed by atoms with Crippen molar-refractivity contribution >= 4 is 33.6 Å². The summed E-state index contributed by atoms with van der Waals surface area (Å²) in [6.07, 6.45) is 2.12. The quantitative estimate of drug-likeness (QED) is 0.505. The van der Waals surface area contributed by atoms with Crippen molar-refractivity contribution in [1.82, 2.24) is 9.80 Å². The monoisotopic (exact) mass is 593 g/mol. The molecule has 1 fully saturated rings. The molecule has 218 valence electrons. The van der Waals surface area contributed by atoms with Crippen LogP contribution >= 0.6 is 0 Å². The molecule has 1 N–H and O–H groups in total. The van der Waals surface area contributed by atoms with E-state index in [4.69, 9.17) is 0 Å². The first-order valence-corrected chi connectivity index (χ1v) is 15.0. The number of carboxylic acid groups (broad SMARTS) is 1. The Balaban J connectivity index is 2.00. The van der Waals surface area contributed by atoms with Crippen LogP contribution in [0.25, 0.3) is 0 Å². The van der Waals surface area contributed by atoms with E-state index in [0.717, 1.165) is 22.1 Å². The predicted molar refractivity (Wildman–Crippen MR) is 148 cm³/mol. The van der Waals surface area contributed by atoms with Crippen molar-refractivity contribution in [3.63, 3.8) is 0 Å². The molecule has 2 atom stereocenters. The van der Waals surface area contributed by atoms with Crippen molar-refractivity contribution in [3.8, 4) is 12.1 Å². The molecule has 0 saturated carbocycles. The van der Waals surface area contributed by atoms with Crippen LogP contribution in [-0.4, -0.2) is 60.2 Å². The van der Waals surface area contributed by atoms with E-state index in [0.29, 0.717) is 19.3 Å². The van der Waals surface area contributed by atoms with Crippen LogP contribution in [0.4, 0.5) is 19.7 Å². The van der Waals surface area contributed by atoms with Crippen molar-refractivity contribution in [3.05, 3.63) is 70.4 Å². The minimum atomic E-state index is -4.04. The number of likely N-dealkylation sites (tertiary alicyclic amines) is 1. The van der Waals surface area contributed by atoms with Crippen LogP contribution in [0, 0.1) is 22.7 Å². The van der Waals surface area contributed by atoms with Crippen molar-refractivity contribution < 1.29 is 32.3 Å². The maximum absolute atomic E-state index is 14.3. The number of imide groups is 1. The highest BCUT2D eigenvalue weighted by atomic mass is 32.2. The van der Waals surface area contributed by atoms with Crippen LogP contribution in [0.3, 0.4) is 0 Å². The summed E-state index contributed by atoms with van der Waals surface area (Å²) in [6.45, 7) is 0.773. The van der Waals surface area contributed by atoms with E-state index in [1.807, 2.05) is 12.1 Å². The molecule has 13 heteroatoms. The van der Waals surface area contributed by atoms with Gasteiger partial charge in [-0.2, -0.15) is 10.5 Å². The largest absolute Gasteiger partial charge is 0.481 e. The molecule has 2 aromatic carbocycles. The van der Waals surface area contributed by atoms with Gasteiger partial charge in [0.2, 0.25) is 0 Å². The molecular weight excluding hydrogens is 565 g/mol. The average Bonchev–Trinajstić information content (AvgIpc) is 2.96. The summed E-state index contributed by atoms with van der Waals surface area (Å²) in [5, 5.41) is 29.3. The Morgan fingerprint density at radius 1 is 1.12 bits per heavy atom. The Hall–Kier alpha value is -4.75. The number of hydrogen-bond donors (Lipinski definition) is 1. The van der Waals surface area contributed by atoms with Gasteiger partial charge in [0.1, 0.15) is 12.7 Å². The van der Waals surface area contributed by atoms with Crippen LogP contribution in [-0.2, 0) is 21.3 Å². The topological polar surface area (TPSA) is 163 Å². The van der Waals surface area contributed by atoms with E-state index in [9.17, 15) is 42.8 Å². The summed E-state index contributed by atoms with van der Waals surface area (Å²) in [5.74, 6) is -1.13. The molecule has 1 unspecified atom stereocenters. The Labute approximate surface area is 242 Å². The van der Waals surface area contributed by atoms with Crippen LogP contribution < -0.4 is 4.90 Å². The summed E-state index contributed by atoms with van der Waals surface area (Å²) in [6, 6.07) is 9.50. The third-order valence-electron chi connectivity index (χ3n) is 7.42. The van der Waals surface area contributed by atoms with E-state index in [1.54, 1.807) is 0 Å². The Kier molecular flexibility index (Phi) is 8.64. The normalized spacial score (nSPS) is 19.4. The van der Waals surface area contributed by atoms with Gasteiger partial charge in [-0.05, 0) is 61.6 Å². The second kappa shape index (κ2) is 12.0. The minimum Gasteiger partial charge on any atom is -0.481 e. The number of nitriles is 2. The van der Waals surface area contributed by atoms with Gasteiger partial charge >= 0.3 is 18.0 Å². The lowest BCUT2D eigenvalue weighted by Gasteiger charge is -2.45. The number of sulfone groups is 1. The first kappa shape index (κ1) is 30.2. The molecule has 4 rings (SSSR count). The van der Waals surface area contributed by atoms with Crippen LogP contribution in [0.1, 0.15) is 55.3 Å². The number of anilines is 1. The molecule has 0 aromatic heterocycles. The number of benzene rings is 2. The highest BCUT2D eigenvalue weighted by Crippen LogP contribution is 2.42. The molecule has 42 heavy (non-hydrogen) atoms. The summed E-state index contributed by atoms with van der Waals surface area (Å²) < 4.78 is 39.4. The van der Waals surface area contributed by atoms with E-state index in [1.165, 1.54) is 48.2 Å². The van der Waals surface area contributed by atoms with Gasteiger partial charge in [-0.3, -0.25) is 9.69 Å². The van der Waals surface area contributed by atoms with E-state index < -0.39 is 46.6 Å². The number of allylic oxidation sites excluding steroid dienone is 1. The molecule has 2 aliphatic rings. The number of urea groups is 2. The summed E-state index contributed by atoms with van der Waals surface area (Å²) >= 11 is 0. The average molecular weight is 594 g/mol. The molecule has 11 nitrogen and oxygen atoms in total. The Morgan fingerprint density at radius 2 is 1.86 bits per heavy atom. The molecule has 4 amide bonds. The molecule has 0 radical (unpaired) electrons. The van der Waals surface area contributed by atoms with E-state index in [2.05, 4.69) is 0 Å². The highest BCUT2D eigenvalue weighted by Gasteiger charge is 2.47. The molecule has 2 heterocycles. The Bertz CT molecular complexity index is 1680. The van der Waals surface area contributed by atoms with E-state index >= 15 is 0 Å². The maximum Gasteiger partial charge on any atom is 0.337 e. The first-order chi connectivity index (χ1) is 19.9. The Morgan fingerprint density at radius 3 is 2.48 bits per heavy atom. The number of amides is 4. The third-order valence-corrected chi connectivity index (χ3v) is 8.58. The second-order valence-electron chi connectivity index (χ2n) is 10.2. The van der Waals surface area contributed by atoms with Crippen LogP contribution in [0.2, 0.25) is 0 Å². The highest BCUT2D eigenvalue weighted by molar-refractivity contribution is 7.90. The number of rotatable bonds is 6. The summed E-state index contributed by atoms with van der Waals surface area (Å²) in [5.41, 5.74) is 0.335. The number of piperidine rings is 1. The van der Waals surface area contributed by atoms with E-state index in [-0.39, 0.29) is 51.5 Å². The lowest BCUT2D eigenvalue weighted by atomic mass is 9.92. The van der Waals surface area contributed by atoms with Gasteiger partial charge in [0.15, 0.2) is 9.84 Å². The van der Waals surface area contributed by atoms with Crippen LogP contribution in [0.15, 0.2) is 58.6 Å². The van der Waals surface area contributed by atoms with Gasteiger partial charge in [0.25, 0.3) is 0 Å². The predicted octanol–water partition coefficient (Wildman–Crippen LogP) is 4.66. The fourth-order valence-corrected chi connectivity index (χ4v) is 6.43. The minimum absolute atomic E-state index is 0.0145. The smallest absolute Gasteiger partial charge is 0.337 e. The lowest BCUT2D eigenvalue weighted by Crippen LogP contribution is -2.58. The van der Waals surface area contributed by atoms with Crippen molar-refractivity contribution in [1.29, 1.82) is 10.5 Å². The summed E-state index contributed by atoms with van der Waals surface area (Å²) in [7, 11) is -4.04. The number of hydrogen-bond acceptors (Lipinski definition) is 7. The SMILES string of the molecule is CC1=C(C#N)[C@@H](c2ccc(C#N)cc2S(C)(=O)=O)N(C(=O)N2CCCCC2CC(=O)O)C(=O)N1c1cccc(CF)c1. The second-order valence-corrected chi connectivity index (χ2v) is 12.1. The van der Waals surface area contributed by atoms with Gasteiger partial charge in [-0.25, -0.2) is 27.3 Å². The number of carbonyl (C=O) groups is 3. The van der Waals surface area contributed by atoms with Crippen molar-refractivity contribution in [2.45, 2.75) is 56.3 Å². The number of halogens is 1. The number of aliphatic carboxylic acids is 1. The molecule has 0 aliphatic carbocycles. The van der Waals surface area contributed by atoms with Gasteiger partial charge < -0.3 is 10.0 Å². The number of alkyl halides is 1. The zero-order chi connectivity index (χ0) is 30.8. The molecule has 2 aromatic rings. The molecule has 1 saturated heterocycles. The zero-order valence-electron chi connectivity index (χ0n) is 22.9. The van der Waals surface area contributed by atoms with Crippen LogP contribution in [0.5, 0.6) is 0 Å². The van der Waals surface area contributed by atoms with Gasteiger partial charge in [0.05, 0.1) is 40.3 Å². The fourth-order valence-electron chi connectivity index (χ4n) is 5.48. The maximum atomic E-state index is 14.3. The number of carboxylic acids is 1. The molecule has 2 aliphatic heterocycles. The zero-order valence-corrected chi connectivity index (χ0v) is 23.8. The number of carbonyl (C=O) groups excluding carboxylic acids is 2. The van der Waals surface area contributed by atoms with Gasteiger partial charge in [-0.1, -0.05) is 18.2 Å². The summed E-state index contributed by atoms with van der Waals surface area (Å²) in [4.78, 5) is 43.0. The third kappa shape index (κ3) is 5.69. The first-order valence-electron chi connectivity index (χ1n) is 13.1. The van der Waals surface area contributed by atoms with Gasteiger partial charge in [0, 0.05) is 24.5 Å². The molecular formula is C29H28FN5O6S. The molecule has 0 spiro atoms. The fraction of sp³-hybridized carbons (Fsp3) is 0.345. The lowest BCUT2D eigenvalue weighted by molar-refractivity contribution is -0.138. The van der Waals surface area contributed by atoms with Gasteiger partial charge in [-0.15, -0.1) is 0 Å². The number of nitrogens with zero attached hydrogens (tertiary/aromatic N) is 5. The standard InChI is InChI=1S/C29H28FN5O6S/c1-18-24(17-32)27(23-10-9-20(16-31)13-25(23)42(2,40)41)35(28(38)33-11-4-3-7-21(33)14-26(36)37)29(39)34(18)22-8-5-6-19(12-22)15-30/h5-6,8-10,12-13,21,27H,3-4,7,11,14-15H2,1-2H3,(H,36,37)/t21?,27-/m1/s1. The van der Waals surface area contributed by atoms with Crippen molar-refractivity contribution in [2.75, 3.05) is 17.7 Å². The van der Waals surface area contributed by atoms with Crippen molar-refractivity contribution in [2.24, 2.45) is 0 Å². The molecule has 0 bridgehead atoms.